The Bertz CT molecular complexity index is 510. The topological polar surface area (TPSA) is 67.3 Å². The summed E-state index contributed by atoms with van der Waals surface area (Å²) in [6.45, 7) is 0.679. The van der Waals surface area contributed by atoms with Crippen LogP contribution in [0.1, 0.15) is 0 Å². The summed E-state index contributed by atoms with van der Waals surface area (Å²) < 4.78 is 0. The minimum atomic E-state index is 0.675. The highest BCUT2D eigenvalue weighted by molar-refractivity contribution is 5.77. The van der Waals surface area contributed by atoms with E-state index in [2.05, 4.69) is 10.2 Å². The molecule has 2 rings (SSSR count). The van der Waals surface area contributed by atoms with Gasteiger partial charge in [0.2, 0.25) is 0 Å². The van der Waals surface area contributed by atoms with E-state index in [9.17, 15) is 0 Å². The van der Waals surface area contributed by atoms with E-state index in [0.29, 0.717) is 18.0 Å². The Morgan fingerprint density at radius 2 is 1.78 bits per heavy atom. The van der Waals surface area contributed by atoms with Crippen molar-refractivity contribution in [3.8, 4) is 0 Å². The summed E-state index contributed by atoms with van der Waals surface area (Å²) in [6.07, 6.45) is 0. The summed E-state index contributed by atoms with van der Waals surface area (Å²) in [5, 5.41) is 3.15. The van der Waals surface area contributed by atoms with E-state index in [0.717, 1.165) is 11.4 Å². The van der Waals surface area contributed by atoms with Gasteiger partial charge in [0.25, 0.3) is 0 Å². The number of nitrogens with two attached hydrogens (primary N) is 2. The fraction of sp³-hybridized carbons (Fsp3) is 0.143. The highest BCUT2D eigenvalue weighted by Gasteiger charge is 2.11. The number of hydrogen-bond acceptors (Lipinski definition) is 4. The number of nitrogen functional groups attached to an aromatic ring is 2. The maximum Gasteiger partial charge on any atom is 0.0730 e. The van der Waals surface area contributed by atoms with Crippen molar-refractivity contribution < 1.29 is 0 Å². The van der Waals surface area contributed by atoms with E-state index < -0.39 is 0 Å². The molecule has 94 valence electrons. The third-order valence-electron chi connectivity index (χ3n) is 2.73. The SMILES string of the molecule is CNCN(c1ccccc1)c1ccc(N)cc1N. The van der Waals surface area contributed by atoms with Crippen LogP contribution < -0.4 is 21.7 Å². The molecule has 0 atom stereocenters. The molecule has 0 aliphatic carbocycles. The Hall–Kier alpha value is -2.20. The molecular formula is C14H18N4. The first-order chi connectivity index (χ1) is 8.72. The molecule has 0 unspecified atom stereocenters. The number of nitrogens with zero attached hydrogens (tertiary/aromatic N) is 1. The van der Waals surface area contributed by atoms with Gasteiger partial charge in [-0.15, -0.1) is 0 Å². The number of anilines is 4. The van der Waals surface area contributed by atoms with Crippen molar-refractivity contribution in [3.05, 3.63) is 48.5 Å². The lowest BCUT2D eigenvalue weighted by Gasteiger charge is -2.26. The Balaban J connectivity index is 2.41. The molecule has 5 N–H and O–H groups in total. The van der Waals surface area contributed by atoms with Crippen molar-refractivity contribution in [1.29, 1.82) is 0 Å². The van der Waals surface area contributed by atoms with E-state index in [1.54, 1.807) is 6.07 Å². The first-order valence-electron chi connectivity index (χ1n) is 5.84. The van der Waals surface area contributed by atoms with Crippen LogP contribution in [0.15, 0.2) is 48.5 Å². The van der Waals surface area contributed by atoms with Crippen LogP contribution in [0.5, 0.6) is 0 Å². The van der Waals surface area contributed by atoms with Crippen molar-refractivity contribution >= 4 is 22.7 Å². The van der Waals surface area contributed by atoms with E-state index >= 15 is 0 Å². The van der Waals surface area contributed by atoms with Crippen molar-refractivity contribution in [3.63, 3.8) is 0 Å². The van der Waals surface area contributed by atoms with Crippen LogP contribution in [-0.4, -0.2) is 13.7 Å². The van der Waals surface area contributed by atoms with Crippen molar-refractivity contribution in [2.75, 3.05) is 30.1 Å². The van der Waals surface area contributed by atoms with Gasteiger partial charge in [-0.2, -0.15) is 0 Å². The lowest BCUT2D eigenvalue weighted by molar-refractivity contribution is 0.803. The van der Waals surface area contributed by atoms with E-state index in [1.807, 2.05) is 49.5 Å². The largest absolute Gasteiger partial charge is 0.399 e. The van der Waals surface area contributed by atoms with E-state index in [1.165, 1.54) is 0 Å². The van der Waals surface area contributed by atoms with Gasteiger partial charge in [-0.3, -0.25) is 0 Å². The van der Waals surface area contributed by atoms with Crippen molar-refractivity contribution in [2.24, 2.45) is 0 Å². The second-order valence-electron chi connectivity index (χ2n) is 4.09. The number of benzene rings is 2. The molecule has 0 radical (unpaired) electrons. The first-order valence-corrected chi connectivity index (χ1v) is 5.84. The Morgan fingerprint density at radius 3 is 2.39 bits per heavy atom. The van der Waals surface area contributed by atoms with Gasteiger partial charge in [-0.25, -0.2) is 0 Å². The van der Waals surface area contributed by atoms with Crippen LogP contribution in [0.4, 0.5) is 22.7 Å². The predicted octanol–water partition coefficient (Wildman–Crippen LogP) is 2.17. The Morgan fingerprint density at radius 1 is 1.06 bits per heavy atom. The summed E-state index contributed by atoms with van der Waals surface area (Å²) in [5.41, 5.74) is 15.2. The number of rotatable bonds is 4. The van der Waals surface area contributed by atoms with Crippen molar-refractivity contribution in [2.45, 2.75) is 0 Å². The van der Waals surface area contributed by atoms with E-state index in [-0.39, 0.29) is 0 Å². The zero-order chi connectivity index (χ0) is 13.0. The van der Waals surface area contributed by atoms with Gasteiger partial charge in [0.15, 0.2) is 0 Å². The smallest absolute Gasteiger partial charge is 0.0730 e. The van der Waals surface area contributed by atoms with Crippen LogP contribution in [-0.2, 0) is 0 Å². The van der Waals surface area contributed by atoms with Gasteiger partial charge in [0.05, 0.1) is 18.0 Å². The molecule has 0 fully saturated rings. The zero-order valence-electron chi connectivity index (χ0n) is 10.4. The second-order valence-corrected chi connectivity index (χ2v) is 4.09. The average molecular weight is 242 g/mol. The maximum atomic E-state index is 6.04. The molecule has 4 heteroatoms. The molecule has 4 nitrogen and oxygen atoms in total. The summed E-state index contributed by atoms with van der Waals surface area (Å²) in [6, 6.07) is 15.7. The van der Waals surface area contributed by atoms with Crippen LogP contribution in [0.2, 0.25) is 0 Å². The van der Waals surface area contributed by atoms with Crippen LogP contribution in [0.25, 0.3) is 0 Å². The Kier molecular flexibility index (Phi) is 3.69. The van der Waals surface area contributed by atoms with E-state index in [4.69, 9.17) is 11.5 Å². The van der Waals surface area contributed by atoms with Gasteiger partial charge >= 0.3 is 0 Å². The average Bonchev–Trinajstić information content (AvgIpc) is 2.38. The molecule has 0 saturated carbocycles. The fourth-order valence-electron chi connectivity index (χ4n) is 1.90. The first kappa shape index (κ1) is 12.3. The number of para-hydroxylation sites is 1. The third-order valence-corrected chi connectivity index (χ3v) is 2.73. The molecule has 18 heavy (non-hydrogen) atoms. The minimum Gasteiger partial charge on any atom is -0.399 e. The summed E-state index contributed by atoms with van der Waals surface area (Å²) in [7, 11) is 1.91. The highest BCUT2D eigenvalue weighted by atomic mass is 15.2. The maximum absolute atomic E-state index is 6.04. The summed E-state index contributed by atoms with van der Waals surface area (Å²) in [4.78, 5) is 2.11. The molecule has 0 aliphatic rings. The molecular weight excluding hydrogens is 224 g/mol. The Labute approximate surface area is 107 Å². The lowest BCUT2D eigenvalue weighted by Crippen LogP contribution is -2.28. The zero-order valence-corrected chi connectivity index (χ0v) is 10.4. The van der Waals surface area contributed by atoms with Crippen LogP contribution >= 0.6 is 0 Å². The van der Waals surface area contributed by atoms with Gasteiger partial charge in [-0.05, 0) is 37.4 Å². The van der Waals surface area contributed by atoms with Crippen LogP contribution in [0.3, 0.4) is 0 Å². The molecule has 2 aromatic carbocycles. The third kappa shape index (κ3) is 2.55. The summed E-state index contributed by atoms with van der Waals surface area (Å²) >= 11 is 0. The van der Waals surface area contributed by atoms with Crippen LogP contribution in [0, 0.1) is 0 Å². The molecule has 2 aromatic rings. The molecule has 0 heterocycles. The summed E-state index contributed by atoms with van der Waals surface area (Å²) in [5.74, 6) is 0. The van der Waals surface area contributed by atoms with Gasteiger partial charge in [-0.1, -0.05) is 18.2 Å². The quantitative estimate of drug-likeness (QED) is 0.568. The monoisotopic (exact) mass is 242 g/mol. The fourth-order valence-corrected chi connectivity index (χ4v) is 1.90. The predicted molar refractivity (Wildman–Crippen MR) is 77.8 cm³/mol. The molecule has 0 aromatic heterocycles. The number of hydrogen-bond donors (Lipinski definition) is 3. The normalized spacial score (nSPS) is 10.3. The highest BCUT2D eigenvalue weighted by Crippen LogP contribution is 2.30. The molecule has 0 spiro atoms. The van der Waals surface area contributed by atoms with Gasteiger partial charge < -0.3 is 21.7 Å². The van der Waals surface area contributed by atoms with Crippen molar-refractivity contribution in [1.82, 2.24) is 5.32 Å². The molecule has 0 amide bonds. The minimum absolute atomic E-state index is 0.675. The number of nitrogens with one attached hydrogen (secondary N) is 1. The van der Waals surface area contributed by atoms with Gasteiger partial charge in [0.1, 0.15) is 0 Å². The molecule has 0 aliphatic heterocycles. The molecule has 0 saturated heterocycles. The second kappa shape index (κ2) is 5.42. The lowest BCUT2D eigenvalue weighted by atomic mass is 10.2. The van der Waals surface area contributed by atoms with Gasteiger partial charge in [0, 0.05) is 11.4 Å². The molecule has 0 bridgehead atoms. The standard InChI is InChI=1S/C14H18N4/c1-17-10-18(12-5-3-2-4-6-12)14-8-7-11(15)9-13(14)16/h2-9,17H,10,15-16H2,1H3.